The largest absolute Gasteiger partial charge is 0.468 e. The molecule has 0 spiro atoms. The van der Waals surface area contributed by atoms with Crippen molar-refractivity contribution in [1.82, 2.24) is 5.32 Å². The Balaban J connectivity index is 2.39. The molecule has 0 aromatic rings. The fraction of sp³-hybridized carbons (Fsp3) is 0.857. The van der Waals surface area contributed by atoms with Gasteiger partial charge in [-0.2, -0.15) is 0 Å². The summed E-state index contributed by atoms with van der Waals surface area (Å²) in [6.45, 7) is 0.800. The van der Waals surface area contributed by atoms with E-state index in [9.17, 15) is 4.79 Å². The fourth-order valence-electron chi connectivity index (χ4n) is 1.19. The standard InChI is InChI=1S/C7H12ClNO2/c1-11-7(10)6-4-5(8)2-3-9-6/h5-6,9H,2-4H2,1H3/t5-,6-/m1/s1. The molecule has 1 fully saturated rings. The van der Waals surface area contributed by atoms with Crippen LogP contribution in [-0.4, -0.2) is 31.0 Å². The van der Waals surface area contributed by atoms with Crippen LogP contribution in [0.5, 0.6) is 0 Å². The SMILES string of the molecule is COC(=O)[C@H]1C[C@H](Cl)CCN1. The molecule has 2 atom stereocenters. The number of nitrogens with one attached hydrogen (secondary N) is 1. The van der Waals surface area contributed by atoms with E-state index in [2.05, 4.69) is 10.1 Å². The van der Waals surface area contributed by atoms with E-state index < -0.39 is 0 Å². The molecule has 4 heteroatoms. The first-order valence-electron chi connectivity index (χ1n) is 3.69. The summed E-state index contributed by atoms with van der Waals surface area (Å²) in [5.74, 6) is -0.213. The third kappa shape index (κ3) is 2.34. The van der Waals surface area contributed by atoms with Gasteiger partial charge in [0, 0.05) is 5.38 Å². The zero-order chi connectivity index (χ0) is 8.27. The average Bonchev–Trinajstić information content (AvgIpc) is 2.03. The van der Waals surface area contributed by atoms with E-state index in [1.165, 1.54) is 7.11 Å². The molecule has 0 amide bonds. The Kier molecular flexibility index (Phi) is 3.15. The van der Waals surface area contributed by atoms with Crippen molar-refractivity contribution < 1.29 is 9.53 Å². The molecule has 64 valence electrons. The maximum absolute atomic E-state index is 11.0. The molecular formula is C7H12ClNO2. The molecule has 0 radical (unpaired) electrons. The lowest BCUT2D eigenvalue weighted by Crippen LogP contribution is -2.44. The van der Waals surface area contributed by atoms with Gasteiger partial charge in [0.2, 0.25) is 0 Å². The number of methoxy groups -OCH3 is 1. The van der Waals surface area contributed by atoms with Crippen molar-refractivity contribution >= 4 is 17.6 Å². The zero-order valence-electron chi connectivity index (χ0n) is 6.47. The molecule has 1 rings (SSSR count). The van der Waals surface area contributed by atoms with Gasteiger partial charge in [0.05, 0.1) is 7.11 Å². The van der Waals surface area contributed by atoms with Crippen molar-refractivity contribution in [1.29, 1.82) is 0 Å². The molecule has 0 aromatic heterocycles. The number of hydrogen-bond donors (Lipinski definition) is 1. The Labute approximate surface area is 71.1 Å². The summed E-state index contributed by atoms with van der Waals surface area (Å²) in [4.78, 5) is 11.0. The minimum atomic E-state index is -0.213. The zero-order valence-corrected chi connectivity index (χ0v) is 7.23. The lowest BCUT2D eigenvalue weighted by Gasteiger charge is -2.24. The number of piperidine rings is 1. The predicted octanol–water partition coefficient (Wildman–Crippen LogP) is 0.519. The second kappa shape index (κ2) is 3.93. The summed E-state index contributed by atoms with van der Waals surface area (Å²) in [6, 6.07) is -0.198. The molecule has 1 heterocycles. The summed E-state index contributed by atoms with van der Waals surface area (Å²) < 4.78 is 4.58. The molecule has 1 saturated heterocycles. The minimum Gasteiger partial charge on any atom is -0.468 e. The van der Waals surface area contributed by atoms with Gasteiger partial charge in [0.15, 0.2) is 0 Å². The second-order valence-electron chi connectivity index (χ2n) is 2.65. The molecule has 1 N–H and O–H groups in total. The van der Waals surface area contributed by atoms with Crippen molar-refractivity contribution in [2.45, 2.75) is 24.3 Å². The lowest BCUT2D eigenvalue weighted by molar-refractivity contribution is -0.143. The van der Waals surface area contributed by atoms with Crippen LogP contribution in [0.15, 0.2) is 0 Å². The van der Waals surface area contributed by atoms with E-state index in [1.807, 2.05) is 0 Å². The molecule has 11 heavy (non-hydrogen) atoms. The molecule has 0 saturated carbocycles. The van der Waals surface area contributed by atoms with E-state index in [-0.39, 0.29) is 17.4 Å². The number of alkyl halides is 1. The highest BCUT2D eigenvalue weighted by Crippen LogP contribution is 2.14. The molecule has 1 aliphatic rings. The first-order chi connectivity index (χ1) is 5.24. The van der Waals surface area contributed by atoms with E-state index in [4.69, 9.17) is 11.6 Å². The van der Waals surface area contributed by atoms with Crippen LogP contribution in [0.3, 0.4) is 0 Å². The van der Waals surface area contributed by atoms with Crippen molar-refractivity contribution in [3.05, 3.63) is 0 Å². The highest BCUT2D eigenvalue weighted by atomic mass is 35.5. The fourth-order valence-corrected chi connectivity index (χ4v) is 1.48. The van der Waals surface area contributed by atoms with Crippen LogP contribution in [0.1, 0.15) is 12.8 Å². The van der Waals surface area contributed by atoms with Crippen LogP contribution in [0, 0.1) is 0 Å². The Morgan fingerprint density at radius 1 is 1.73 bits per heavy atom. The minimum absolute atomic E-state index is 0.111. The lowest BCUT2D eigenvalue weighted by atomic mass is 10.1. The maximum Gasteiger partial charge on any atom is 0.322 e. The van der Waals surface area contributed by atoms with Gasteiger partial charge in [-0.15, -0.1) is 11.6 Å². The predicted molar refractivity (Wildman–Crippen MR) is 42.7 cm³/mol. The van der Waals surface area contributed by atoms with Crippen LogP contribution < -0.4 is 5.32 Å². The number of ether oxygens (including phenoxy) is 1. The topological polar surface area (TPSA) is 38.3 Å². The molecule has 0 aliphatic carbocycles. The Bertz CT molecular complexity index is 151. The Morgan fingerprint density at radius 3 is 3.00 bits per heavy atom. The van der Waals surface area contributed by atoms with Gasteiger partial charge in [0.1, 0.15) is 6.04 Å². The van der Waals surface area contributed by atoms with E-state index in [0.29, 0.717) is 6.42 Å². The van der Waals surface area contributed by atoms with Gasteiger partial charge in [-0.3, -0.25) is 4.79 Å². The maximum atomic E-state index is 11.0. The number of hydrogen-bond acceptors (Lipinski definition) is 3. The summed E-state index contributed by atoms with van der Waals surface area (Å²) >= 11 is 5.86. The first kappa shape index (κ1) is 8.81. The molecule has 1 aliphatic heterocycles. The summed E-state index contributed by atoms with van der Waals surface area (Å²) in [5, 5.41) is 3.15. The Hall–Kier alpha value is -0.280. The number of halogens is 1. The van der Waals surface area contributed by atoms with Gasteiger partial charge in [0.25, 0.3) is 0 Å². The van der Waals surface area contributed by atoms with Crippen LogP contribution in [-0.2, 0) is 9.53 Å². The van der Waals surface area contributed by atoms with E-state index in [1.54, 1.807) is 0 Å². The average molecular weight is 178 g/mol. The highest BCUT2D eigenvalue weighted by Gasteiger charge is 2.25. The number of rotatable bonds is 1. The first-order valence-corrected chi connectivity index (χ1v) is 4.13. The molecule has 0 bridgehead atoms. The molecule has 3 nitrogen and oxygen atoms in total. The summed E-state index contributed by atoms with van der Waals surface area (Å²) in [7, 11) is 1.39. The van der Waals surface area contributed by atoms with Crippen molar-refractivity contribution in [2.24, 2.45) is 0 Å². The van der Waals surface area contributed by atoms with Crippen molar-refractivity contribution in [2.75, 3.05) is 13.7 Å². The molecule has 0 unspecified atom stereocenters. The van der Waals surface area contributed by atoms with Crippen LogP contribution in [0.2, 0.25) is 0 Å². The van der Waals surface area contributed by atoms with Gasteiger partial charge < -0.3 is 10.1 Å². The quantitative estimate of drug-likeness (QED) is 0.469. The molecular weight excluding hydrogens is 166 g/mol. The van der Waals surface area contributed by atoms with Crippen LogP contribution >= 0.6 is 11.6 Å². The van der Waals surface area contributed by atoms with Gasteiger partial charge in [-0.1, -0.05) is 0 Å². The number of esters is 1. The normalized spacial score (nSPS) is 31.5. The van der Waals surface area contributed by atoms with Crippen molar-refractivity contribution in [3.63, 3.8) is 0 Å². The molecule has 0 aromatic carbocycles. The monoisotopic (exact) mass is 177 g/mol. The van der Waals surface area contributed by atoms with E-state index in [0.717, 1.165) is 13.0 Å². The van der Waals surface area contributed by atoms with Gasteiger partial charge >= 0.3 is 5.97 Å². The third-order valence-electron chi connectivity index (χ3n) is 1.83. The van der Waals surface area contributed by atoms with E-state index >= 15 is 0 Å². The van der Waals surface area contributed by atoms with Gasteiger partial charge in [-0.25, -0.2) is 0 Å². The summed E-state index contributed by atoms with van der Waals surface area (Å²) in [5.41, 5.74) is 0. The highest BCUT2D eigenvalue weighted by molar-refractivity contribution is 6.20. The summed E-state index contributed by atoms with van der Waals surface area (Å²) in [6.07, 6.45) is 1.60. The number of carbonyl (C=O) groups is 1. The van der Waals surface area contributed by atoms with Crippen molar-refractivity contribution in [3.8, 4) is 0 Å². The Morgan fingerprint density at radius 2 is 2.45 bits per heavy atom. The smallest absolute Gasteiger partial charge is 0.322 e. The van der Waals surface area contributed by atoms with Crippen LogP contribution in [0.4, 0.5) is 0 Å². The van der Waals surface area contributed by atoms with Gasteiger partial charge in [-0.05, 0) is 19.4 Å². The van der Waals surface area contributed by atoms with Crippen LogP contribution in [0.25, 0.3) is 0 Å². The number of carbonyl (C=O) groups excluding carboxylic acids is 1. The second-order valence-corrected chi connectivity index (χ2v) is 3.27. The third-order valence-corrected chi connectivity index (χ3v) is 2.22.